The van der Waals surface area contributed by atoms with E-state index in [4.69, 9.17) is 4.42 Å². The summed E-state index contributed by atoms with van der Waals surface area (Å²) in [4.78, 5) is 12.7. The third-order valence-corrected chi connectivity index (χ3v) is 7.70. The number of hydrogen-bond donors (Lipinski definition) is 2. The molecule has 0 radical (unpaired) electrons. The number of carbonyl (C=O) groups excluding carboxylic acids is 1. The Labute approximate surface area is 179 Å². The molecule has 1 aliphatic rings. The van der Waals surface area contributed by atoms with Crippen molar-refractivity contribution in [2.45, 2.75) is 25.0 Å². The Morgan fingerprint density at radius 1 is 1.26 bits per heavy atom. The lowest BCUT2D eigenvalue weighted by Gasteiger charge is -2.25. The summed E-state index contributed by atoms with van der Waals surface area (Å²) in [5.74, 6) is -0.517. The number of hydrogen-bond acceptors (Lipinski definition) is 5. The Balaban J connectivity index is 1.92. The van der Waals surface area contributed by atoms with Gasteiger partial charge in [0.2, 0.25) is 10.0 Å². The monoisotopic (exact) mass is 446 g/mol. The van der Waals surface area contributed by atoms with Crippen molar-refractivity contribution in [3.63, 3.8) is 0 Å². The lowest BCUT2D eigenvalue weighted by Crippen LogP contribution is -2.36. The van der Waals surface area contributed by atoms with E-state index in [1.807, 2.05) is 0 Å². The van der Waals surface area contributed by atoms with Crippen molar-refractivity contribution >= 4 is 32.6 Å². The summed E-state index contributed by atoms with van der Waals surface area (Å²) < 4.78 is 46.5. The summed E-state index contributed by atoms with van der Waals surface area (Å²) >= 11 is 0. The predicted octanol–water partition coefficient (Wildman–Crippen LogP) is 3.20. The van der Waals surface area contributed by atoms with E-state index in [1.54, 1.807) is 19.1 Å². The maximum absolute atomic E-state index is 13.4. The third-order valence-electron chi connectivity index (χ3n) is 5.39. The Bertz CT molecular complexity index is 1250. The van der Waals surface area contributed by atoms with Crippen LogP contribution in [0.15, 0.2) is 40.8 Å². The quantitative estimate of drug-likeness (QED) is 0.581. The largest absolute Gasteiger partial charge is 0.455 e. The molecule has 9 heteroatoms. The standard InChI is InChI=1S/C22H23FN2O5S/c1-13-11-17-19(12-18(13)25(9-10-26)31(28,29)16-7-8-16)30-21(20(17)22(27)24-2)14-3-5-15(23)6-4-14/h3-6,11-12,16,26H,7-10H2,1-2H3,(H,24,27). The smallest absolute Gasteiger partial charge is 0.255 e. The number of aryl methyl sites for hydroxylation is 1. The summed E-state index contributed by atoms with van der Waals surface area (Å²) in [6.45, 7) is 1.35. The Morgan fingerprint density at radius 2 is 1.94 bits per heavy atom. The highest BCUT2D eigenvalue weighted by atomic mass is 32.2. The maximum Gasteiger partial charge on any atom is 0.255 e. The lowest BCUT2D eigenvalue weighted by molar-refractivity contribution is 0.0964. The fourth-order valence-electron chi connectivity index (χ4n) is 3.69. The number of carbonyl (C=O) groups is 1. The van der Waals surface area contributed by atoms with Gasteiger partial charge >= 0.3 is 0 Å². The summed E-state index contributed by atoms with van der Waals surface area (Å²) in [5.41, 5.74) is 2.16. The SMILES string of the molecule is CNC(=O)c1c(-c2ccc(F)cc2)oc2cc(N(CCO)S(=O)(=O)C3CC3)c(C)cc12. The maximum atomic E-state index is 13.4. The van der Waals surface area contributed by atoms with Crippen molar-refractivity contribution in [3.8, 4) is 11.3 Å². The van der Waals surface area contributed by atoms with Crippen LogP contribution in [-0.4, -0.2) is 44.9 Å². The highest BCUT2D eigenvalue weighted by Crippen LogP contribution is 2.40. The van der Waals surface area contributed by atoms with Crippen molar-refractivity contribution in [2.75, 3.05) is 24.5 Å². The van der Waals surface area contributed by atoms with Crippen LogP contribution in [0.3, 0.4) is 0 Å². The molecule has 1 heterocycles. The molecule has 4 rings (SSSR count). The van der Waals surface area contributed by atoms with E-state index in [2.05, 4.69) is 5.32 Å². The average Bonchev–Trinajstić information content (AvgIpc) is 3.54. The minimum Gasteiger partial charge on any atom is -0.455 e. The van der Waals surface area contributed by atoms with Gasteiger partial charge in [-0.15, -0.1) is 0 Å². The van der Waals surface area contributed by atoms with Crippen molar-refractivity contribution in [1.29, 1.82) is 0 Å². The van der Waals surface area contributed by atoms with Crippen molar-refractivity contribution < 1.29 is 27.1 Å². The van der Waals surface area contributed by atoms with E-state index in [1.165, 1.54) is 35.6 Å². The van der Waals surface area contributed by atoms with Gasteiger partial charge in [-0.1, -0.05) is 0 Å². The van der Waals surface area contributed by atoms with Crippen LogP contribution in [0.25, 0.3) is 22.3 Å². The van der Waals surface area contributed by atoms with Crippen LogP contribution in [0.4, 0.5) is 10.1 Å². The minimum atomic E-state index is -3.60. The number of anilines is 1. The number of amides is 1. The van der Waals surface area contributed by atoms with E-state index in [-0.39, 0.29) is 30.4 Å². The average molecular weight is 447 g/mol. The molecular weight excluding hydrogens is 423 g/mol. The molecular formula is C22H23FN2O5S. The number of benzene rings is 2. The van der Waals surface area contributed by atoms with Gasteiger partial charge in [0, 0.05) is 24.1 Å². The van der Waals surface area contributed by atoms with Gasteiger partial charge in [-0.2, -0.15) is 0 Å². The Hall–Kier alpha value is -2.91. The molecule has 1 aliphatic carbocycles. The second-order valence-electron chi connectivity index (χ2n) is 7.57. The van der Waals surface area contributed by atoms with E-state index >= 15 is 0 Å². The molecule has 0 bridgehead atoms. The number of aliphatic hydroxyl groups is 1. The highest BCUT2D eigenvalue weighted by molar-refractivity contribution is 7.93. The molecule has 0 atom stereocenters. The number of halogens is 1. The molecule has 2 N–H and O–H groups in total. The number of nitrogens with one attached hydrogen (secondary N) is 1. The topological polar surface area (TPSA) is 99.8 Å². The van der Waals surface area contributed by atoms with Crippen LogP contribution in [0.5, 0.6) is 0 Å². The molecule has 1 amide bonds. The van der Waals surface area contributed by atoms with Crippen LogP contribution in [0.1, 0.15) is 28.8 Å². The fourth-order valence-corrected chi connectivity index (χ4v) is 5.58. The molecule has 0 spiro atoms. The molecule has 1 aromatic heterocycles. The zero-order chi connectivity index (χ0) is 22.3. The molecule has 31 heavy (non-hydrogen) atoms. The molecule has 0 aliphatic heterocycles. The van der Waals surface area contributed by atoms with Crippen molar-refractivity contribution in [2.24, 2.45) is 0 Å². The Morgan fingerprint density at radius 3 is 2.52 bits per heavy atom. The van der Waals surface area contributed by atoms with E-state index < -0.39 is 21.1 Å². The number of nitrogens with zero attached hydrogens (tertiary/aromatic N) is 1. The zero-order valence-corrected chi connectivity index (χ0v) is 18.0. The van der Waals surface area contributed by atoms with Gasteiger partial charge in [-0.25, -0.2) is 12.8 Å². The van der Waals surface area contributed by atoms with Crippen molar-refractivity contribution in [1.82, 2.24) is 5.32 Å². The second-order valence-corrected chi connectivity index (χ2v) is 9.70. The number of furan rings is 1. The highest BCUT2D eigenvalue weighted by Gasteiger charge is 2.40. The number of rotatable bonds is 7. The summed E-state index contributed by atoms with van der Waals surface area (Å²) in [6.07, 6.45) is 1.20. The van der Waals surface area contributed by atoms with Crippen LogP contribution in [0, 0.1) is 12.7 Å². The molecule has 0 unspecified atom stereocenters. The predicted molar refractivity (Wildman–Crippen MR) is 116 cm³/mol. The van der Waals surface area contributed by atoms with Gasteiger partial charge in [0.15, 0.2) is 0 Å². The minimum absolute atomic E-state index is 0.0704. The first-order valence-corrected chi connectivity index (χ1v) is 11.5. The third kappa shape index (κ3) is 3.79. The van der Waals surface area contributed by atoms with E-state index in [9.17, 15) is 22.7 Å². The first-order valence-electron chi connectivity index (χ1n) is 9.95. The summed E-state index contributed by atoms with van der Waals surface area (Å²) in [7, 11) is -2.10. The zero-order valence-electron chi connectivity index (χ0n) is 17.2. The molecule has 7 nitrogen and oxygen atoms in total. The number of fused-ring (bicyclic) bond motifs is 1. The number of sulfonamides is 1. The Kier molecular flexibility index (Phi) is 5.49. The van der Waals surface area contributed by atoms with Gasteiger partial charge in [-0.3, -0.25) is 9.10 Å². The normalized spacial score (nSPS) is 14.1. The van der Waals surface area contributed by atoms with Gasteiger partial charge in [0.1, 0.15) is 17.2 Å². The summed E-state index contributed by atoms with van der Waals surface area (Å²) in [6, 6.07) is 8.88. The van der Waals surface area contributed by atoms with E-state index in [0.29, 0.717) is 40.6 Å². The van der Waals surface area contributed by atoms with Gasteiger partial charge in [0.05, 0.1) is 29.7 Å². The van der Waals surface area contributed by atoms with Gasteiger partial charge < -0.3 is 14.8 Å². The molecule has 3 aromatic rings. The second kappa shape index (κ2) is 7.97. The van der Waals surface area contributed by atoms with Crippen LogP contribution in [-0.2, 0) is 10.0 Å². The first kappa shape index (κ1) is 21.3. The fraction of sp³-hybridized carbons (Fsp3) is 0.318. The van der Waals surface area contributed by atoms with E-state index in [0.717, 1.165) is 0 Å². The van der Waals surface area contributed by atoms with Crippen LogP contribution in [0.2, 0.25) is 0 Å². The lowest BCUT2D eigenvalue weighted by atomic mass is 10.0. The van der Waals surface area contributed by atoms with Gasteiger partial charge in [-0.05, 0) is 55.7 Å². The van der Waals surface area contributed by atoms with Crippen LogP contribution < -0.4 is 9.62 Å². The molecule has 1 fully saturated rings. The molecule has 2 aromatic carbocycles. The molecule has 1 saturated carbocycles. The molecule has 164 valence electrons. The van der Waals surface area contributed by atoms with Gasteiger partial charge in [0.25, 0.3) is 5.91 Å². The summed E-state index contributed by atoms with van der Waals surface area (Å²) in [5, 5.41) is 12.2. The first-order chi connectivity index (χ1) is 14.8. The van der Waals surface area contributed by atoms with Crippen LogP contribution >= 0.6 is 0 Å². The van der Waals surface area contributed by atoms with Crippen molar-refractivity contribution in [3.05, 3.63) is 53.3 Å². The molecule has 0 saturated heterocycles. The number of aliphatic hydroxyl groups excluding tert-OH is 1.